The van der Waals surface area contributed by atoms with Gasteiger partial charge >= 0.3 is 0 Å². The van der Waals surface area contributed by atoms with Crippen LogP contribution in [0, 0.1) is 0 Å². The summed E-state index contributed by atoms with van der Waals surface area (Å²) in [6.45, 7) is 4.03. The van der Waals surface area contributed by atoms with E-state index in [9.17, 15) is 9.59 Å². The highest BCUT2D eigenvalue weighted by Crippen LogP contribution is 2.21. The molecule has 5 nitrogen and oxygen atoms in total. The SMILES string of the molecule is CCN(C(=O)c1cncc(Nc2cccc(C(C)=O)c2)c1)c1ccccc1. The van der Waals surface area contributed by atoms with E-state index in [0.717, 1.165) is 11.4 Å². The number of carbonyl (C=O) groups is 2. The fraction of sp³-hybridized carbons (Fsp3) is 0.136. The predicted molar refractivity (Wildman–Crippen MR) is 108 cm³/mol. The van der Waals surface area contributed by atoms with Gasteiger partial charge in [-0.15, -0.1) is 0 Å². The quantitative estimate of drug-likeness (QED) is 0.648. The molecule has 3 rings (SSSR count). The van der Waals surface area contributed by atoms with Gasteiger partial charge in [-0.05, 0) is 44.2 Å². The Hall–Kier alpha value is -3.47. The number of anilines is 3. The van der Waals surface area contributed by atoms with Crippen LogP contribution >= 0.6 is 0 Å². The average molecular weight is 359 g/mol. The van der Waals surface area contributed by atoms with Crippen molar-refractivity contribution in [3.63, 3.8) is 0 Å². The molecule has 0 saturated heterocycles. The molecule has 1 amide bonds. The lowest BCUT2D eigenvalue weighted by Crippen LogP contribution is -2.30. The Morgan fingerprint density at radius 1 is 0.926 bits per heavy atom. The van der Waals surface area contributed by atoms with Crippen LogP contribution in [0.4, 0.5) is 17.1 Å². The number of benzene rings is 2. The monoisotopic (exact) mass is 359 g/mol. The number of Topliss-reactive ketones (excluding diaryl/α,β-unsaturated/α-hetero) is 1. The molecule has 0 spiro atoms. The molecule has 0 aliphatic rings. The molecule has 0 aliphatic heterocycles. The second-order valence-electron chi connectivity index (χ2n) is 6.11. The van der Waals surface area contributed by atoms with Gasteiger partial charge in [0.15, 0.2) is 5.78 Å². The summed E-state index contributed by atoms with van der Waals surface area (Å²) in [6.07, 6.45) is 3.21. The molecule has 0 unspecified atom stereocenters. The zero-order valence-corrected chi connectivity index (χ0v) is 15.3. The Morgan fingerprint density at radius 2 is 1.67 bits per heavy atom. The number of pyridine rings is 1. The van der Waals surface area contributed by atoms with Gasteiger partial charge in [-0.1, -0.05) is 30.3 Å². The number of ketones is 1. The number of carbonyl (C=O) groups excluding carboxylic acids is 2. The van der Waals surface area contributed by atoms with E-state index in [0.29, 0.717) is 23.4 Å². The van der Waals surface area contributed by atoms with Crippen molar-refractivity contribution in [3.8, 4) is 0 Å². The van der Waals surface area contributed by atoms with Gasteiger partial charge in [-0.2, -0.15) is 0 Å². The highest BCUT2D eigenvalue weighted by molar-refractivity contribution is 6.06. The molecule has 2 aromatic carbocycles. The smallest absolute Gasteiger partial charge is 0.259 e. The first kappa shape index (κ1) is 18.3. The van der Waals surface area contributed by atoms with Crippen molar-refractivity contribution in [1.29, 1.82) is 0 Å². The standard InChI is InChI=1S/C22H21N3O2/c1-3-25(21-10-5-4-6-11-21)22(27)18-13-20(15-23-14-18)24-19-9-7-8-17(12-19)16(2)26/h4-15,24H,3H2,1-2H3. The van der Waals surface area contributed by atoms with Gasteiger partial charge < -0.3 is 10.2 Å². The zero-order chi connectivity index (χ0) is 19.2. The first-order valence-corrected chi connectivity index (χ1v) is 8.78. The number of hydrogen-bond donors (Lipinski definition) is 1. The van der Waals surface area contributed by atoms with E-state index in [1.54, 1.807) is 35.5 Å². The maximum Gasteiger partial charge on any atom is 0.259 e. The summed E-state index contributed by atoms with van der Waals surface area (Å²) in [6, 6.07) is 18.5. The van der Waals surface area contributed by atoms with Crippen LogP contribution in [0.25, 0.3) is 0 Å². The van der Waals surface area contributed by atoms with Gasteiger partial charge in [0.05, 0.1) is 17.4 Å². The van der Waals surface area contributed by atoms with E-state index >= 15 is 0 Å². The van der Waals surface area contributed by atoms with Gasteiger partial charge in [-0.25, -0.2) is 0 Å². The first-order chi connectivity index (χ1) is 13.1. The van der Waals surface area contributed by atoms with Crippen LogP contribution in [-0.2, 0) is 0 Å². The maximum absolute atomic E-state index is 12.9. The second-order valence-corrected chi connectivity index (χ2v) is 6.11. The number of amides is 1. The van der Waals surface area contributed by atoms with Crippen molar-refractivity contribution in [2.24, 2.45) is 0 Å². The van der Waals surface area contributed by atoms with Gasteiger partial charge in [-0.3, -0.25) is 14.6 Å². The molecule has 0 saturated carbocycles. The van der Waals surface area contributed by atoms with Crippen molar-refractivity contribution >= 4 is 28.8 Å². The molecule has 0 atom stereocenters. The van der Waals surface area contributed by atoms with E-state index in [1.165, 1.54) is 6.92 Å². The number of nitrogens with one attached hydrogen (secondary N) is 1. The predicted octanol–water partition coefficient (Wildman–Crippen LogP) is 4.69. The molecule has 27 heavy (non-hydrogen) atoms. The highest BCUT2D eigenvalue weighted by atomic mass is 16.2. The number of hydrogen-bond acceptors (Lipinski definition) is 4. The summed E-state index contributed by atoms with van der Waals surface area (Å²) in [5.74, 6) is -0.112. The van der Waals surface area contributed by atoms with Crippen molar-refractivity contribution in [2.75, 3.05) is 16.8 Å². The molecule has 3 aromatic rings. The third-order valence-corrected chi connectivity index (χ3v) is 4.17. The summed E-state index contributed by atoms with van der Waals surface area (Å²) < 4.78 is 0. The zero-order valence-electron chi connectivity index (χ0n) is 15.3. The third-order valence-electron chi connectivity index (χ3n) is 4.17. The minimum absolute atomic E-state index is 0.00199. The fourth-order valence-electron chi connectivity index (χ4n) is 2.82. The Kier molecular flexibility index (Phi) is 5.61. The van der Waals surface area contributed by atoms with E-state index in [4.69, 9.17) is 0 Å². The molecule has 136 valence electrons. The Morgan fingerprint density at radius 3 is 2.37 bits per heavy atom. The molecule has 1 N–H and O–H groups in total. The van der Waals surface area contributed by atoms with Crippen LogP contribution in [0.1, 0.15) is 34.6 Å². The molecule has 0 aliphatic carbocycles. The Labute approximate surface area is 158 Å². The van der Waals surface area contributed by atoms with Crippen LogP contribution in [0.15, 0.2) is 73.1 Å². The van der Waals surface area contributed by atoms with E-state index < -0.39 is 0 Å². The number of rotatable bonds is 6. The number of nitrogens with zero attached hydrogens (tertiary/aromatic N) is 2. The fourth-order valence-corrected chi connectivity index (χ4v) is 2.82. The molecular formula is C22H21N3O2. The molecule has 1 aromatic heterocycles. The van der Waals surface area contributed by atoms with Crippen molar-refractivity contribution in [3.05, 3.63) is 84.2 Å². The Bertz CT molecular complexity index is 955. The minimum atomic E-state index is -0.114. The van der Waals surface area contributed by atoms with Gasteiger partial charge in [0.2, 0.25) is 0 Å². The summed E-state index contributed by atoms with van der Waals surface area (Å²) in [5, 5.41) is 3.21. The highest BCUT2D eigenvalue weighted by Gasteiger charge is 2.16. The summed E-state index contributed by atoms with van der Waals surface area (Å²) in [7, 11) is 0. The average Bonchev–Trinajstić information content (AvgIpc) is 2.70. The van der Waals surface area contributed by atoms with Gasteiger partial charge in [0.25, 0.3) is 5.91 Å². The molecule has 0 bridgehead atoms. The lowest BCUT2D eigenvalue weighted by atomic mass is 10.1. The molecular weight excluding hydrogens is 338 g/mol. The van der Waals surface area contributed by atoms with Crippen molar-refractivity contribution in [2.45, 2.75) is 13.8 Å². The van der Waals surface area contributed by atoms with Crippen LogP contribution in [0.3, 0.4) is 0 Å². The van der Waals surface area contributed by atoms with E-state index in [1.807, 2.05) is 49.4 Å². The van der Waals surface area contributed by atoms with Gasteiger partial charge in [0.1, 0.15) is 0 Å². The number of para-hydroxylation sites is 1. The van der Waals surface area contributed by atoms with Crippen LogP contribution < -0.4 is 10.2 Å². The van der Waals surface area contributed by atoms with E-state index in [2.05, 4.69) is 10.3 Å². The maximum atomic E-state index is 12.9. The van der Waals surface area contributed by atoms with Crippen molar-refractivity contribution < 1.29 is 9.59 Å². The largest absolute Gasteiger partial charge is 0.354 e. The third kappa shape index (κ3) is 4.39. The normalized spacial score (nSPS) is 10.3. The molecule has 5 heteroatoms. The molecule has 0 fully saturated rings. The van der Waals surface area contributed by atoms with E-state index in [-0.39, 0.29) is 11.7 Å². The summed E-state index contributed by atoms with van der Waals surface area (Å²) in [5.41, 5.74) is 3.42. The molecule has 0 radical (unpaired) electrons. The Balaban J connectivity index is 1.84. The number of aromatic nitrogens is 1. The van der Waals surface area contributed by atoms with Crippen LogP contribution in [-0.4, -0.2) is 23.2 Å². The summed E-state index contributed by atoms with van der Waals surface area (Å²) >= 11 is 0. The molecule has 1 heterocycles. The second kappa shape index (κ2) is 8.27. The van der Waals surface area contributed by atoms with Crippen LogP contribution in [0.2, 0.25) is 0 Å². The van der Waals surface area contributed by atoms with Crippen molar-refractivity contribution in [1.82, 2.24) is 4.98 Å². The lowest BCUT2D eigenvalue weighted by Gasteiger charge is -2.21. The topological polar surface area (TPSA) is 62.3 Å². The minimum Gasteiger partial charge on any atom is -0.354 e. The van der Waals surface area contributed by atoms with Gasteiger partial charge in [0, 0.05) is 29.7 Å². The lowest BCUT2D eigenvalue weighted by molar-refractivity contribution is 0.0985. The summed E-state index contributed by atoms with van der Waals surface area (Å²) in [4.78, 5) is 30.4. The first-order valence-electron chi connectivity index (χ1n) is 8.78. The van der Waals surface area contributed by atoms with Crippen LogP contribution in [0.5, 0.6) is 0 Å².